The van der Waals surface area contributed by atoms with Gasteiger partial charge in [-0.1, -0.05) is 17.7 Å². The first-order valence-electron chi connectivity index (χ1n) is 6.36. The summed E-state index contributed by atoms with van der Waals surface area (Å²) in [6.45, 7) is 1.63. The summed E-state index contributed by atoms with van der Waals surface area (Å²) in [5, 5.41) is 3.60. The first-order chi connectivity index (χ1) is 8.53. The van der Waals surface area contributed by atoms with Gasteiger partial charge in [0.15, 0.2) is 0 Å². The molecule has 0 bridgehead atoms. The molecule has 18 heavy (non-hydrogen) atoms. The summed E-state index contributed by atoms with van der Waals surface area (Å²) in [4.78, 5) is 2.30. The van der Waals surface area contributed by atoms with Gasteiger partial charge in [-0.2, -0.15) is 0 Å². The van der Waals surface area contributed by atoms with Gasteiger partial charge in [0.1, 0.15) is 5.82 Å². The number of nitrogens with one attached hydrogen (secondary N) is 1. The highest BCUT2D eigenvalue weighted by molar-refractivity contribution is 6.30. The van der Waals surface area contributed by atoms with Crippen molar-refractivity contribution in [2.75, 3.05) is 20.6 Å². The average molecular weight is 271 g/mol. The highest BCUT2D eigenvalue weighted by Gasteiger charge is 2.38. The lowest BCUT2D eigenvalue weighted by atomic mass is 9.75. The van der Waals surface area contributed by atoms with Crippen molar-refractivity contribution < 1.29 is 4.39 Å². The Balaban J connectivity index is 1.86. The van der Waals surface area contributed by atoms with Gasteiger partial charge in [-0.3, -0.25) is 0 Å². The predicted octanol–water partition coefficient (Wildman–Crippen LogP) is 3.05. The standard InChI is InChI=1S/C14H20ClFN2/c1-18(2)14(6-3-7-14)10-17-9-11-4-5-12(15)13(16)8-11/h4-5,8,17H,3,6-7,9-10H2,1-2H3. The maximum atomic E-state index is 13.3. The first kappa shape index (κ1) is 13.8. The van der Waals surface area contributed by atoms with Gasteiger partial charge in [0.05, 0.1) is 5.02 Å². The molecular formula is C14H20ClFN2. The zero-order chi connectivity index (χ0) is 13.2. The van der Waals surface area contributed by atoms with E-state index in [9.17, 15) is 4.39 Å². The van der Waals surface area contributed by atoms with Crippen LogP contribution in [0.25, 0.3) is 0 Å². The molecule has 0 atom stereocenters. The molecule has 1 aliphatic carbocycles. The highest BCUT2D eigenvalue weighted by atomic mass is 35.5. The fourth-order valence-electron chi connectivity index (χ4n) is 2.46. The summed E-state index contributed by atoms with van der Waals surface area (Å²) in [5.74, 6) is -0.345. The summed E-state index contributed by atoms with van der Waals surface area (Å²) in [7, 11) is 4.26. The van der Waals surface area contributed by atoms with Crippen LogP contribution in [0, 0.1) is 5.82 Å². The number of nitrogens with zero attached hydrogens (tertiary/aromatic N) is 1. The van der Waals surface area contributed by atoms with Gasteiger partial charge in [-0.15, -0.1) is 0 Å². The maximum Gasteiger partial charge on any atom is 0.142 e. The summed E-state index contributed by atoms with van der Waals surface area (Å²) >= 11 is 5.66. The van der Waals surface area contributed by atoms with Gasteiger partial charge in [0, 0.05) is 18.6 Å². The predicted molar refractivity (Wildman–Crippen MR) is 73.4 cm³/mol. The van der Waals surface area contributed by atoms with Gasteiger partial charge in [-0.05, 0) is 51.1 Å². The van der Waals surface area contributed by atoms with Crippen LogP contribution in [0.2, 0.25) is 5.02 Å². The van der Waals surface area contributed by atoms with Crippen LogP contribution in [-0.4, -0.2) is 31.1 Å². The summed E-state index contributed by atoms with van der Waals surface area (Å²) in [6, 6.07) is 4.97. The smallest absolute Gasteiger partial charge is 0.142 e. The molecule has 0 spiro atoms. The van der Waals surface area contributed by atoms with Crippen LogP contribution in [0.4, 0.5) is 4.39 Å². The summed E-state index contributed by atoms with van der Waals surface area (Å²) in [5.41, 5.74) is 1.23. The molecule has 0 amide bonds. The molecule has 2 rings (SSSR count). The molecule has 1 N–H and O–H groups in total. The van der Waals surface area contributed by atoms with Crippen molar-refractivity contribution in [1.29, 1.82) is 0 Å². The summed E-state index contributed by atoms with van der Waals surface area (Å²) < 4.78 is 13.3. The lowest BCUT2D eigenvalue weighted by Gasteiger charge is -2.47. The molecule has 0 radical (unpaired) electrons. The molecule has 1 aromatic carbocycles. The van der Waals surface area contributed by atoms with Crippen LogP contribution in [0.3, 0.4) is 0 Å². The van der Waals surface area contributed by atoms with E-state index in [2.05, 4.69) is 24.3 Å². The Labute approximate surface area is 113 Å². The van der Waals surface area contributed by atoms with Crippen LogP contribution in [-0.2, 0) is 6.54 Å². The Morgan fingerprint density at radius 1 is 1.39 bits per heavy atom. The minimum absolute atomic E-state index is 0.183. The number of benzene rings is 1. The molecule has 0 heterocycles. The minimum atomic E-state index is -0.345. The Morgan fingerprint density at radius 3 is 2.61 bits per heavy atom. The van der Waals surface area contributed by atoms with Gasteiger partial charge in [0.25, 0.3) is 0 Å². The van der Waals surface area contributed by atoms with E-state index in [4.69, 9.17) is 11.6 Å². The van der Waals surface area contributed by atoms with E-state index >= 15 is 0 Å². The lowest BCUT2D eigenvalue weighted by Crippen LogP contribution is -2.56. The zero-order valence-electron chi connectivity index (χ0n) is 11.0. The second kappa shape index (κ2) is 5.55. The van der Waals surface area contributed by atoms with Crippen molar-refractivity contribution in [2.45, 2.75) is 31.3 Å². The molecule has 100 valence electrons. The van der Waals surface area contributed by atoms with Crippen molar-refractivity contribution in [3.8, 4) is 0 Å². The van der Waals surface area contributed by atoms with E-state index in [0.29, 0.717) is 12.1 Å². The molecule has 0 aliphatic heterocycles. The van der Waals surface area contributed by atoms with E-state index in [-0.39, 0.29) is 10.8 Å². The molecule has 4 heteroatoms. The number of hydrogen-bond donors (Lipinski definition) is 1. The molecule has 1 aromatic rings. The van der Waals surface area contributed by atoms with Crippen LogP contribution >= 0.6 is 11.6 Å². The van der Waals surface area contributed by atoms with Crippen molar-refractivity contribution in [3.05, 3.63) is 34.6 Å². The van der Waals surface area contributed by atoms with Crippen molar-refractivity contribution in [1.82, 2.24) is 10.2 Å². The SMILES string of the molecule is CN(C)C1(CNCc2ccc(Cl)c(F)c2)CCC1. The van der Waals surface area contributed by atoms with Gasteiger partial charge >= 0.3 is 0 Å². The molecule has 0 unspecified atom stereocenters. The van der Waals surface area contributed by atoms with Gasteiger partial charge < -0.3 is 10.2 Å². The fourth-order valence-corrected chi connectivity index (χ4v) is 2.57. The molecule has 1 fully saturated rings. The quantitative estimate of drug-likeness (QED) is 0.885. The van der Waals surface area contributed by atoms with E-state index in [1.54, 1.807) is 6.07 Å². The normalized spacial score (nSPS) is 17.8. The molecule has 0 saturated heterocycles. The molecule has 1 saturated carbocycles. The van der Waals surface area contributed by atoms with Crippen LogP contribution in [0.15, 0.2) is 18.2 Å². The van der Waals surface area contributed by atoms with Gasteiger partial charge in [0.2, 0.25) is 0 Å². The van der Waals surface area contributed by atoms with E-state index < -0.39 is 0 Å². The topological polar surface area (TPSA) is 15.3 Å². The van der Waals surface area contributed by atoms with Crippen LogP contribution < -0.4 is 5.32 Å². The number of halogens is 2. The van der Waals surface area contributed by atoms with Crippen molar-refractivity contribution in [3.63, 3.8) is 0 Å². The third-order valence-electron chi connectivity index (χ3n) is 4.00. The van der Waals surface area contributed by atoms with Gasteiger partial charge in [-0.25, -0.2) is 4.39 Å². The maximum absolute atomic E-state index is 13.3. The first-order valence-corrected chi connectivity index (χ1v) is 6.73. The third-order valence-corrected chi connectivity index (χ3v) is 4.31. The monoisotopic (exact) mass is 270 g/mol. The van der Waals surface area contributed by atoms with Crippen molar-refractivity contribution >= 4 is 11.6 Å². The van der Waals surface area contributed by atoms with Crippen LogP contribution in [0.5, 0.6) is 0 Å². The third kappa shape index (κ3) is 2.85. The average Bonchev–Trinajstić information content (AvgIpc) is 2.26. The fraction of sp³-hybridized carbons (Fsp3) is 0.571. The zero-order valence-corrected chi connectivity index (χ0v) is 11.7. The minimum Gasteiger partial charge on any atom is -0.311 e. The number of likely N-dealkylation sites (N-methyl/N-ethyl adjacent to an activating group) is 1. The Bertz CT molecular complexity index is 416. The number of hydrogen-bond acceptors (Lipinski definition) is 2. The summed E-state index contributed by atoms with van der Waals surface area (Å²) in [6.07, 6.45) is 3.78. The van der Waals surface area contributed by atoms with Crippen LogP contribution in [0.1, 0.15) is 24.8 Å². The molecular weight excluding hydrogens is 251 g/mol. The van der Waals surface area contributed by atoms with Crippen molar-refractivity contribution in [2.24, 2.45) is 0 Å². The molecule has 1 aliphatic rings. The Kier molecular flexibility index (Phi) is 4.25. The second-order valence-corrected chi connectivity index (χ2v) is 5.73. The van der Waals surface area contributed by atoms with E-state index in [1.165, 1.54) is 25.3 Å². The number of rotatable bonds is 5. The Hall–Kier alpha value is -0.640. The molecule has 2 nitrogen and oxygen atoms in total. The Morgan fingerprint density at radius 2 is 2.11 bits per heavy atom. The van der Waals surface area contributed by atoms with E-state index in [0.717, 1.165) is 12.1 Å². The highest BCUT2D eigenvalue weighted by Crippen LogP contribution is 2.35. The largest absolute Gasteiger partial charge is 0.311 e. The lowest BCUT2D eigenvalue weighted by molar-refractivity contribution is 0.0598. The molecule has 0 aromatic heterocycles. The van der Waals surface area contributed by atoms with E-state index in [1.807, 2.05) is 6.07 Å². The second-order valence-electron chi connectivity index (χ2n) is 5.32.